The first-order valence-corrected chi connectivity index (χ1v) is 16.3. The van der Waals surface area contributed by atoms with Gasteiger partial charge in [-0.3, -0.25) is 14.4 Å². The Balaban J connectivity index is 1.56. The Kier molecular flexibility index (Phi) is 11.2. The molecule has 49 heavy (non-hydrogen) atoms. The van der Waals surface area contributed by atoms with Gasteiger partial charge < -0.3 is 35.7 Å². The van der Waals surface area contributed by atoms with E-state index < -0.39 is 58.4 Å². The number of carboxylic acids is 1. The average molecular weight is 675 g/mol. The molecular formula is C36H46N6O7. The fraction of sp³-hybridized carbons (Fsp3) is 0.444. The van der Waals surface area contributed by atoms with Crippen molar-refractivity contribution in [3.05, 3.63) is 83.8 Å². The molecule has 2 unspecified atom stereocenters. The molecule has 0 saturated carbocycles. The molecule has 2 heterocycles. The number of nitrogens with one attached hydrogen (secondary N) is 4. The molecule has 4 rings (SSSR count). The zero-order chi connectivity index (χ0) is 36.0. The second-order valence-electron chi connectivity index (χ2n) is 14.0. The van der Waals surface area contributed by atoms with Crippen molar-refractivity contribution in [1.82, 2.24) is 25.5 Å². The van der Waals surface area contributed by atoms with Crippen molar-refractivity contribution in [3.8, 4) is 0 Å². The third kappa shape index (κ3) is 9.24. The second-order valence-corrected chi connectivity index (χ2v) is 14.0. The summed E-state index contributed by atoms with van der Waals surface area (Å²) in [6, 6.07) is 17.4. The van der Waals surface area contributed by atoms with Gasteiger partial charge in [0.15, 0.2) is 0 Å². The summed E-state index contributed by atoms with van der Waals surface area (Å²) < 4.78 is 5.31. The monoisotopic (exact) mass is 674 g/mol. The molecule has 1 aliphatic rings. The third-order valence-electron chi connectivity index (χ3n) is 8.44. The van der Waals surface area contributed by atoms with Crippen LogP contribution in [-0.2, 0) is 30.3 Å². The summed E-state index contributed by atoms with van der Waals surface area (Å²) >= 11 is 0. The maximum absolute atomic E-state index is 14.0. The third-order valence-corrected chi connectivity index (χ3v) is 8.44. The molecule has 13 heteroatoms. The molecule has 3 atom stereocenters. The van der Waals surface area contributed by atoms with Crippen LogP contribution in [0.2, 0.25) is 0 Å². The predicted molar refractivity (Wildman–Crippen MR) is 183 cm³/mol. The number of anilines is 1. The Labute approximate surface area is 286 Å². The Morgan fingerprint density at radius 2 is 1.63 bits per heavy atom. The van der Waals surface area contributed by atoms with Gasteiger partial charge in [-0.15, -0.1) is 0 Å². The van der Waals surface area contributed by atoms with Gasteiger partial charge in [-0.05, 0) is 78.4 Å². The molecular weight excluding hydrogens is 628 g/mol. The van der Waals surface area contributed by atoms with Crippen LogP contribution in [0.3, 0.4) is 0 Å². The van der Waals surface area contributed by atoms with Gasteiger partial charge in [0.2, 0.25) is 17.7 Å². The van der Waals surface area contributed by atoms with E-state index in [-0.39, 0.29) is 24.6 Å². The Morgan fingerprint density at radius 1 is 1.00 bits per heavy atom. The van der Waals surface area contributed by atoms with E-state index in [1.54, 1.807) is 52.0 Å². The first kappa shape index (κ1) is 36.6. The van der Waals surface area contributed by atoms with E-state index in [4.69, 9.17) is 4.74 Å². The SMILES string of the molecule is CC(C)(C)OC(=O)NC(C)(C)C(=O)N[C@H](CCc1ccccc1)C(=O)Nc1cnc(C(C(=O)N2CCCC2(C)C(=O)O)c2ccccc2)[nH]1. The number of hydrogen-bond acceptors (Lipinski definition) is 7. The lowest BCUT2D eigenvalue weighted by molar-refractivity contribution is -0.155. The molecule has 2 aromatic carbocycles. The number of carboxylic acid groups (broad SMARTS) is 1. The average Bonchev–Trinajstić information content (AvgIpc) is 3.66. The summed E-state index contributed by atoms with van der Waals surface area (Å²) in [5, 5.41) is 18.1. The van der Waals surface area contributed by atoms with Gasteiger partial charge in [-0.2, -0.15) is 0 Å². The van der Waals surface area contributed by atoms with Gasteiger partial charge in [0.1, 0.15) is 40.3 Å². The maximum Gasteiger partial charge on any atom is 0.408 e. The van der Waals surface area contributed by atoms with E-state index in [1.807, 2.05) is 36.4 Å². The minimum Gasteiger partial charge on any atom is -0.480 e. The zero-order valence-electron chi connectivity index (χ0n) is 28.8. The summed E-state index contributed by atoms with van der Waals surface area (Å²) in [6.07, 6.45) is 2.18. The number of aromatic amines is 1. The van der Waals surface area contributed by atoms with Crippen LogP contribution < -0.4 is 16.0 Å². The number of likely N-dealkylation sites (tertiary alicyclic amines) is 1. The van der Waals surface area contributed by atoms with E-state index in [9.17, 15) is 29.1 Å². The predicted octanol–water partition coefficient (Wildman–Crippen LogP) is 4.37. The van der Waals surface area contributed by atoms with Gasteiger partial charge in [-0.25, -0.2) is 14.6 Å². The number of aromatic nitrogens is 2. The van der Waals surface area contributed by atoms with Crippen molar-refractivity contribution >= 4 is 35.6 Å². The quantitative estimate of drug-likeness (QED) is 0.188. The number of imidazole rings is 1. The van der Waals surface area contributed by atoms with Gasteiger partial charge in [-0.1, -0.05) is 60.7 Å². The minimum atomic E-state index is -1.42. The van der Waals surface area contributed by atoms with Crippen LogP contribution in [0.5, 0.6) is 0 Å². The van der Waals surface area contributed by atoms with Crippen LogP contribution >= 0.6 is 0 Å². The molecule has 1 aromatic heterocycles. The topological polar surface area (TPSA) is 183 Å². The lowest BCUT2D eigenvalue weighted by Crippen LogP contribution is -2.59. The summed E-state index contributed by atoms with van der Waals surface area (Å²) in [5.74, 6) is -3.21. The van der Waals surface area contributed by atoms with Crippen LogP contribution in [0.25, 0.3) is 0 Å². The first-order valence-electron chi connectivity index (χ1n) is 16.3. The number of aliphatic carboxylic acids is 1. The van der Waals surface area contributed by atoms with E-state index >= 15 is 0 Å². The lowest BCUT2D eigenvalue weighted by atomic mass is 9.93. The van der Waals surface area contributed by atoms with Gasteiger partial charge in [0.25, 0.3) is 0 Å². The van der Waals surface area contributed by atoms with Crippen molar-refractivity contribution in [2.45, 2.75) is 95.9 Å². The van der Waals surface area contributed by atoms with Crippen LogP contribution in [0, 0.1) is 0 Å². The molecule has 0 aliphatic carbocycles. The molecule has 0 radical (unpaired) electrons. The molecule has 4 amide bonds. The zero-order valence-corrected chi connectivity index (χ0v) is 28.8. The number of amides is 4. The molecule has 0 spiro atoms. The summed E-state index contributed by atoms with van der Waals surface area (Å²) in [5.41, 5.74) is -1.98. The molecule has 0 bridgehead atoms. The maximum atomic E-state index is 14.0. The van der Waals surface area contributed by atoms with E-state index in [2.05, 4.69) is 25.9 Å². The van der Waals surface area contributed by atoms with E-state index in [1.165, 1.54) is 24.9 Å². The van der Waals surface area contributed by atoms with Gasteiger partial charge >= 0.3 is 12.1 Å². The number of hydrogen-bond donors (Lipinski definition) is 5. The molecule has 1 saturated heterocycles. The van der Waals surface area contributed by atoms with Crippen LogP contribution in [0.15, 0.2) is 66.9 Å². The van der Waals surface area contributed by atoms with Crippen molar-refractivity contribution in [3.63, 3.8) is 0 Å². The van der Waals surface area contributed by atoms with Crippen molar-refractivity contribution in [1.29, 1.82) is 0 Å². The number of ether oxygens (including phenoxy) is 1. The van der Waals surface area contributed by atoms with E-state index in [0.29, 0.717) is 24.8 Å². The number of alkyl carbamates (subject to hydrolysis) is 1. The number of nitrogens with zero attached hydrogens (tertiary/aromatic N) is 2. The Morgan fingerprint density at radius 3 is 2.24 bits per heavy atom. The number of carbonyl (C=O) groups excluding carboxylic acids is 4. The number of H-pyrrole nitrogens is 1. The highest BCUT2D eigenvalue weighted by Crippen LogP contribution is 2.35. The normalized spacial score (nSPS) is 17.5. The number of carbonyl (C=O) groups is 5. The number of aryl methyl sites for hydroxylation is 1. The lowest BCUT2D eigenvalue weighted by Gasteiger charge is -2.33. The second kappa shape index (κ2) is 14.9. The van der Waals surface area contributed by atoms with Gasteiger partial charge in [0.05, 0.1) is 6.20 Å². The van der Waals surface area contributed by atoms with Crippen LogP contribution in [-0.4, -0.2) is 79.0 Å². The fourth-order valence-corrected chi connectivity index (χ4v) is 5.70. The Bertz CT molecular complexity index is 1650. The largest absolute Gasteiger partial charge is 0.480 e. The highest BCUT2D eigenvalue weighted by Gasteiger charge is 2.48. The molecule has 13 nitrogen and oxygen atoms in total. The van der Waals surface area contributed by atoms with Gasteiger partial charge in [0, 0.05) is 6.54 Å². The molecule has 5 N–H and O–H groups in total. The smallest absolute Gasteiger partial charge is 0.408 e. The summed E-state index contributed by atoms with van der Waals surface area (Å²) in [6.45, 7) is 9.99. The first-order chi connectivity index (χ1) is 23.0. The molecule has 262 valence electrons. The standard InChI is InChI=1S/C36H46N6O7/c1-34(2,3)49-33(48)41-35(4,5)31(45)38-25(19-18-23-14-9-7-10-15-23)29(43)40-26-22-37-28(39-26)27(24-16-11-8-12-17-24)30(44)42-21-13-20-36(42,6)32(46)47/h7-12,14-17,22,25,27H,13,18-21H2,1-6H3,(H,37,39)(H,38,45)(H,40,43)(H,41,48)(H,46,47)/t25-,27?,36?/m1/s1. The number of benzene rings is 2. The molecule has 1 fully saturated rings. The minimum absolute atomic E-state index is 0.182. The van der Waals surface area contributed by atoms with Crippen LogP contribution in [0.1, 0.15) is 83.7 Å². The highest BCUT2D eigenvalue weighted by atomic mass is 16.6. The van der Waals surface area contributed by atoms with Crippen molar-refractivity contribution in [2.24, 2.45) is 0 Å². The summed E-state index contributed by atoms with van der Waals surface area (Å²) in [4.78, 5) is 74.7. The Hall–Kier alpha value is -5.20. The van der Waals surface area contributed by atoms with Crippen molar-refractivity contribution in [2.75, 3.05) is 11.9 Å². The number of rotatable bonds is 12. The van der Waals surface area contributed by atoms with Crippen molar-refractivity contribution < 1.29 is 33.8 Å². The molecule has 3 aromatic rings. The fourth-order valence-electron chi connectivity index (χ4n) is 5.70. The van der Waals surface area contributed by atoms with Crippen LogP contribution in [0.4, 0.5) is 10.6 Å². The molecule has 1 aliphatic heterocycles. The summed E-state index contributed by atoms with van der Waals surface area (Å²) in [7, 11) is 0. The highest BCUT2D eigenvalue weighted by molar-refractivity contribution is 5.99. The van der Waals surface area contributed by atoms with E-state index in [0.717, 1.165) is 5.56 Å².